The molecule has 0 unspecified atom stereocenters. The highest BCUT2D eigenvalue weighted by Crippen LogP contribution is 2.34. The van der Waals surface area contributed by atoms with E-state index in [1.807, 2.05) is 36.9 Å². The van der Waals surface area contributed by atoms with Crippen LogP contribution in [0.25, 0.3) is 0 Å². The van der Waals surface area contributed by atoms with Gasteiger partial charge in [0.1, 0.15) is 5.75 Å². The highest BCUT2D eigenvalue weighted by molar-refractivity contribution is 5.94. The predicted molar refractivity (Wildman–Crippen MR) is 127 cm³/mol. The van der Waals surface area contributed by atoms with Crippen LogP contribution in [0.15, 0.2) is 48.5 Å². The molecule has 1 heterocycles. The van der Waals surface area contributed by atoms with E-state index in [0.717, 1.165) is 37.5 Å². The van der Waals surface area contributed by atoms with Gasteiger partial charge in [-0.15, -0.1) is 0 Å². The number of amides is 1. The van der Waals surface area contributed by atoms with Crippen molar-refractivity contribution in [3.63, 3.8) is 0 Å². The largest absolute Gasteiger partial charge is 0.497 e. The number of piperazine rings is 1. The molecule has 2 aromatic rings. The second-order valence-corrected chi connectivity index (χ2v) is 8.61. The second kappa shape index (κ2) is 10.3. The van der Waals surface area contributed by atoms with E-state index < -0.39 is 0 Å². The van der Waals surface area contributed by atoms with Crippen LogP contribution in [0.3, 0.4) is 0 Å². The maximum atomic E-state index is 12.8. The van der Waals surface area contributed by atoms with E-state index in [4.69, 9.17) is 4.74 Å². The summed E-state index contributed by atoms with van der Waals surface area (Å²) in [5.74, 6) is 0.960. The molecular weight excluding hydrogens is 386 g/mol. The lowest BCUT2D eigenvalue weighted by atomic mass is 9.93. The SMILES string of the molecule is CCN(CC)C(=O)c1ccc([C@H](c2cccc(OC)c2)N2C[C@@H](C)N(C)C[C@@H]2C)cc1. The minimum Gasteiger partial charge on any atom is -0.497 e. The third-order valence-corrected chi connectivity index (χ3v) is 6.61. The predicted octanol–water partition coefficient (Wildman–Crippen LogP) is 4.29. The smallest absolute Gasteiger partial charge is 0.253 e. The van der Waals surface area contributed by atoms with Crippen LogP contribution < -0.4 is 4.74 Å². The number of carbonyl (C=O) groups is 1. The summed E-state index contributed by atoms with van der Waals surface area (Å²) in [5.41, 5.74) is 3.16. The number of ether oxygens (including phenoxy) is 1. The van der Waals surface area contributed by atoms with Crippen LogP contribution in [0.2, 0.25) is 0 Å². The number of nitrogens with zero attached hydrogens (tertiary/aromatic N) is 3. The zero-order valence-electron chi connectivity index (χ0n) is 19.8. The lowest BCUT2D eigenvalue weighted by molar-refractivity contribution is 0.0389. The summed E-state index contributed by atoms with van der Waals surface area (Å²) in [4.78, 5) is 19.6. The van der Waals surface area contributed by atoms with Gasteiger partial charge in [-0.3, -0.25) is 9.69 Å². The van der Waals surface area contributed by atoms with Crippen molar-refractivity contribution in [3.8, 4) is 5.75 Å². The van der Waals surface area contributed by atoms with Crippen molar-refractivity contribution in [2.75, 3.05) is 40.3 Å². The molecule has 5 nitrogen and oxygen atoms in total. The van der Waals surface area contributed by atoms with Crippen LogP contribution in [0, 0.1) is 0 Å². The number of hydrogen-bond acceptors (Lipinski definition) is 4. The number of rotatable bonds is 7. The zero-order chi connectivity index (χ0) is 22.5. The van der Waals surface area contributed by atoms with Crippen LogP contribution >= 0.6 is 0 Å². The Bertz CT molecular complexity index is 863. The molecule has 31 heavy (non-hydrogen) atoms. The van der Waals surface area contributed by atoms with Gasteiger partial charge >= 0.3 is 0 Å². The first-order valence-corrected chi connectivity index (χ1v) is 11.4. The van der Waals surface area contributed by atoms with Gasteiger partial charge in [-0.25, -0.2) is 0 Å². The van der Waals surface area contributed by atoms with E-state index in [2.05, 4.69) is 61.0 Å². The summed E-state index contributed by atoms with van der Waals surface area (Å²) in [6.07, 6.45) is 0. The molecule has 0 aromatic heterocycles. The summed E-state index contributed by atoms with van der Waals surface area (Å²) in [7, 11) is 3.91. The molecule has 1 aliphatic rings. The third kappa shape index (κ3) is 5.10. The molecule has 3 atom stereocenters. The molecule has 1 amide bonds. The Morgan fingerprint density at radius 2 is 1.71 bits per heavy atom. The fourth-order valence-electron chi connectivity index (χ4n) is 4.57. The van der Waals surface area contributed by atoms with Gasteiger partial charge in [-0.1, -0.05) is 24.3 Å². The summed E-state index contributed by atoms with van der Waals surface area (Å²) < 4.78 is 5.52. The zero-order valence-corrected chi connectivity index (χ0v) is 19.8. The molecule has 0 bridgehead atoms. The Morgan fingerprint density at radius 3 is 2.32 bits per heavy atom. The number of benzene rings is 2. The first-order valence-electron chi connectivity index (χ1n) is 11.4. The van der Waals surface area contributed by atoms with Crippen molar-refractivity contribution >= 4 is 5.91 Å². The standard InChI is InChI=1S/C26H37N3O2/c1-7-28(8-2)26(30)22-14-12-21(13-15-22)25(23-10-9-11-24(16-23)31-6)29-18-19(3)27(5)17-20(29)4/h9-16,19-20,25H,7-8,17-18H2,1-6H3/t19-,20+,25-/m1/s1. The van der Waals surface area contributed by atoms with Gasteiger partial charge in [0.2, 0.25) is 0 Å². The molecule has 168 valence electrons. The minimum absolute atomic E-state index is 0.0936. The van der Waals surface area contributed by atoms with Crippen molar-refractivity contribution in [2.45, 2.75) is 45.8 Å². The van der Waals surface area contributed by atoms with E-state index in [1.54, 1.807) is 7.11 Å². The molecule has 0 spiro atoms. The maximum absolute atomic E-state index is 12.8. The quantitative estimate of drug-likeness (QED) is 0.666. The molecule has 2 aromatic carbocycles. The number of carbonyl (C=O) groups excluding carboxylic acids is 1. The monoisotopic (exact) mass is 423 g/mol. The van der Waals surface area contributed by atoms with Gasteiger partial charge in [0.05, 0.1) is 13.2 Å². The fraction of sp³-hybridized carbons (Fsp3) is 0.500. The van der Waals surface area contributed by atoms with Crippen molar-refractivity contribution in [2.24, 2.45) is 0 Å². The molecule has 3 rings (SSSR count). The first kappa shape index (κ1) is 23.3. The van der Waals surface area contributed by atoms with E-state index in [9.17, 15) is 4.79 Å². The van der Waals surface area contributed by atoms with Crippen LogP contribution in [-0.2, 0) is 0 Å². The highest BCUT2D eigenvalue weighted by Gasteiger charge is 2.33. The minimum atomic E-state index is 0.0936. The average molecular weight is 424 g/mol. The number of likely N-dealkylation sites (N-methyl/N-ethyl adjacent to an activating group) is 1. The molecule has 0 radical (unpaired) electrons. The Hall–Kier alpha value is -2.37. The Balaban J connectivity index is 1.99. The Kier molecular flexibility index (Phi) is 7.74. The summed E-state index contributed by atoms with van der Waals surface area (Å²) in [5, 5.41) is 0. The van der Waals surface area contributed by atoms with E-state index >= 15 is 0 Å². The van der Waals surface area contributed by atoms with Crippen LogP contribution in [0.5, 0.6) is 5.75 Å². The van der Waals surface area contributed by atoms with Crippen molar-refractivity contribution in [3.05, 3.63) is 65.2 Å². The second-order valence-electron chi connectivity index (χ2n) is 8.61. The summed E-state index contributed by atoms with van der Waals surface area (Å²) in [6.45, 7) is 12.1. The van der Waals surface area contributed by atoms with E-state index in [1.165, 1.54) is 11.1 Å². The van der Waals surface area contributed by atoms with E-state index in [0.29, 0.717) is 12.1 Å². The molecule has 5 heteroatoms. The topological polar surface area (TPSA) is 36.0 Å². The first-order chi connectivity index (χ1) is 14.9. The molecule has 1 saturated heterocycles. The van der Waals surface area contributed by atoms with Gasteiger partial charge < -0.3 is 14.5 Å². The lowest BCUT2D eigenvalue weighted by Crippen LogP contribution is -2.55. The van der Waals surface area contributed by atoms with Gasteiger partial charge in [0.15, 0.2) is 0 Å². The molecule has 0 N–H and O–H groups in total. The summed E-state index contributed by atoms with van der Waals surface area (Å²) >= 11 is 0. The van der Waals surface area contributed by atoms with Crippen LogP contribution in [-0.4, -0.2) is 73.0 Å². The molecule has 0 aliphatic carbocycles. The number of methoxy groups -OCH3 is 1. The van der Waals surface area contributed by atoms with Crippen molar-refractivity contribution in [1.82, 2.24) is 14.7 Å². The van der Waals surface area contributed by atoms with Gasteiger partial charge in [0, 0.05) is 43.8 Å². The molecule has 1 fully saturated rings. The normalized spacial score (nSPS) is 21.0. The van der Waals surface area contributed by atoms with E-state index in [-0.39, 0.29) is 11.9 Å². The maximum Gasteiger partial charge on any atom is 0.253 e. The fourth-order valence-corrected chi connectivity index (χ4v) is 4.57. The molecule has 0 saturated carbocycles. The third-order valence-electron chi connectivity index (χ3n) is 6.61. The number of hydrogen-bond donors (Lipinski definition) is 0. The van der Waals surface area contributed by atoms with Gasteiger partial charge in [-0.05, 0) is 70.1 Å². The van der Waals surface area contributed by atoms with Gasteiger partial charge in [-0.2, -0.15) is 0 Å². The summed E-state index contributed by atoms with van der Waals surface area (Å²) in [6, 6.07) is 17.6. The molecular formula is C26H37N3O2. The van der Waals surface area contributed by atoms with Crippen LogP contribution in [0.1, 0.15) is 55.2 Å². The van der Waals surface area contributed by atoms with Crippen molar-refractivity contribution in [1.29, 1.82) is 0 Å². The highest BCUT2D eigenvalue weighted by atomic mass is 16.5. The van der Waals surface area contributed by atoms with Crippen LogP contribution in [0.4, 0.5) is 0 Å². The Morgan fingerprint density at radius 1 is 1.03 bits per heavy atom. The molecule has 1 aliphatic heterocycles. The Labute approximate surface area is 187 Å². The average Bonchev–Trinajstić information content (AvgIpc) is 2.78. The van der Waals surface area contributed by atoms with Crippen molar-refractivity contribution < 1.29 is 9.53 Å². The van der Waals surface area contributed by atoms with Gasteiger partial charge in [0.25, 0.3) is 5.91 Å². The lowest BCUT2D eigenvalue weighted by Gasteiger charge is -2.46.